The zero-order valence-corrected chi connectivity index (χ0v) is 18.5. The monoisotopic (exact) mass is 494 g/mol. The molecule has 0 atom stereocenters. The van der Waals surface area contributed by atoms with Crippen LogP contribution in [-0.2, 0) is 12.3 Å². The molecule has 0 saturated carbocycles. The Bertz CT molecular complexity index is 1390. The van der Waals surface area contributed by atoms with Gasteiger partial charge in [-0.25, -0.2) is 4.98 Å². The van der Waals surface area contributed by atoms with Crippen LogP contribution in [0.25, 0.3) is 22.4 Å². The van der Waals surface area contributed by atoms with Crippen LogP contribution >= 0.6 is 27.7 Å². The van der Waals surface area contributed by atoms with Gasteiger partial charge in [-0.2, -0.15) is 0 Å². The third-order valence-electron chi connectivity index (χ3n) is 4.60. The molecule has 3 aromatic heterocycles. The molecule has 0 saturated heterocycles. The fourth-order valence-electron chi connectivity index (χ4n) is 3.10. The van der Waals surface area contributed by atoms with Gasteiger partial charge in [0.1, 0.15) is 5.76 Å². The molecule has 0 N–H and O–H groups in total. The number of halogens is 1. The Labute approximate surface area is 189 Å². The number of rotatable bonds is 6. The largest absolute Gasteiger partial charge is 0.467 e. The average Bonchev–Trinajstić information content (AvgIpc) is 3.47. The summed E-state index contributed by atoms with van der Waals surface area (Å²) in [6.07, 6.45) is 1.59. The fourth-order valence-corrected chi connectivity index (χ4v) is 4.20. The second kappa shape index (κ2) is 8.52. The van der Waals surface area contributed by atoms with Crippen LogP contribution in [-0.4, -0.2) is 19.7 Å². The average molecular weight is 495 g/mol. The Morgan fingerprint density at radius 1 is 1.00 bits per heavy atom. The molecule has 154 valence electrons. The van der Waals surface area contributed by atoms with Crippen molar-refractivity contribution in [1.82, 2.24) is 19.7 Å². The van der Waals surface area contributed by atoms with Gasteiger partial charge >= 0.3 is 0 Å². The van der Waals surface area contributed by atoms with Crippen LogP contribution < -0.4 is 5.56 Å². The highest BCUT2D eigenvalue weighted by Gasteiger charge is 2.15. The molecule has 0 spiro atoms. The van der Waals surface area contributed by atoms with Gasteiger partial charge in [0.05, 0.1) is 29.5 Å². The number of hydrogen-bond donors (Lipinski definition) is 0. The molecule has 7 nitrogen and oxygen atoms in total. The molecule has 5 rings (SSSR count). The summed E-state index contributed by atoms with van der Waals surface area (Å²) in [5.74, 6) is 1.96. The summed E-state index contributed by atoms with van der Waals surface area (Å²) in [7, 11) is 0. The first-order valence-electron chi connectivity index (χ1n) is 9.40. The van der Waals surface area contributed by atoms with Gasteiger partial charge in [0, 0.05) is 10.0 Å². The maximum absolute atomic E-state index is 13.1. The van der Waals surface area contributed by atoms with Crippen molar-refractivity contribution < 1.29 is 8.83 Å². The van der Waals surface area contributed by atoms with E-state index >= 15 is 0 Å². The topological polar surface area (TPSA) is 87.0 Å². The molecule has 0 aliphatic rings. The number of benzene rings is 2. The molecule has 0 unspecified atom stereocenters. The summed E-state index contributed by atoms with van der Waals surface area (Å²) in [6.45, 7) is 0.292. The van der Waals surface area contributed by atoms with Gasteiger partial charge in [-0.3, -0.25) is 9.36 Å². The van der Waals surface area contributed by atoms with Crippen molar-refractivity contribution in [2.75, 3.05) is 0 Å². The SMILES string of the molecule is O=c1c2ccccc2nc(SCc2nnc(-c3ccc(Br)cc3)o2)n1Cc1ccco1. The molecule has 0 aliphatic heterocycles. The van der Waals surface area contributed by atoms with E-state index in [9.17, 15) is 4.79 Å². The number of hydrogen-bond acceptors (Lipinski definition) is 7. The predicted octanol–water partition coefficient (Wildman–Crippen LogP) is 5.14. The van der Waals surface area contributed by atoms with Crippen molar-refractivity contribution in [2.45, 2.75) is 17.5 Å². The van der Waals surface area contributed by atoms with E-state index in [0.717, 1.165) is 10.0 Å². The van der Waals surface area contributed by atoms with Crippen LogP contribution in [0, 0.1) is 0 Å². The lowest BCUT2D eigenvalue weighted by molar-refractivity contribution is 0.476. The minimum absolute atomic E-state index is 0.120. The van der Waals surface area contributed by atoms with E-state index in [1.807, 2.05) is 48.5 Å². The number of nitrogens with zero attached hydrogens (tertiary/aromatic N) is 4. The van der Waals surface area contributed by atoms with Crippen molar-refractivity contribution in [3.63, 3.8) is 0 Å². The number of aromatic nitrogens is 4. The Morgan fingerprint density at radius 2 is 1.84 bits per heavy atom. The molecular formula is C22H15BrN4O3S. The molecular weight excluding hydrogens is 480 g/mol. The highest BCUT2D eigenvalue weighted by molar-refractivity contribution is 9.10. The van der Waals surface area contributed by atoms with Crippen LogP contribution in [0.1, 0.15) is 11.7 Å². The van der Waals surface area contributed by atoms with Crippen LogP contribution in [0.4, 0.5) is 0 Å². The van der Waals surface area contributed by atoms with Crippen LogP contribution in [0.15, 0.2) is 90.2 Å². The number of para-hydroxylation sites is 1. The van der Waals surface area contributed by atoms with Gasteiger partial charge in [0.15, 0.2) is 5.16 Å². The van der Waals surface area contributed by atoms with Crippen LogP contribution in [0.3, 0.4) is 0 Å². The van der Waals surface area contributed by atoms with E-state index in [1.165, 1.54) is 11.8 Å². The summed E-state index contributed by atoms with van der Waals surface area (Å²) in [6, 6.07) is 18.6. The van der Waals surface area contributed by atoms with Gasteiger partial charge in [0.2, 0.25) is 11.8 Å². The molecule has 5 aromatic rings. The molecule has 31 heavy (non-hydrogen) atoms. The number of furan rings is 1. The maximum Gasteiger partial charge on any atom is 0.262 e. The van der Waals surface area contributed by atoms with Gasteiger partial charge in [-0.1, -0.05) is 39.8 Å². The second-order valence-corrected chi connectivity index (χ2v) is 8.54. The lowest BCUT2D eigenvalue weighted by atomic mass is 10.2. The third kappa shape index (κ3) is 4.19. The molecule has 0 bridgehead atoms. The van der Waals surface area contributed by atoms with Gasteiger partial charge in [-0.05, 0) is 48.5 Å². The highest BCUT2D eigenvalue weighted by atomic mass is 79.9. The van der Waals surface area contributed by atoms with E-state index in [-0.39, 0.29) is 5.56 Å². The Morgan fingerprint density at radius 3 is 2.65 bits per heavy atom. The molecule has 9 heteroatoms. The second-order valence-electron chi connectivity index (χ2n) is 6.68. The van der Waals surface area contributed by atoms with Crippen molar-refractivity contribution >= 4 is 38.6 Å². The van der Waals surface area contributed by atoms with Crippen molar-refractivity contribution in [1.29, 1.82) is 0 Å². The molecule has 3 heterocycles. The summed E-state index contributed by atoms with van der Waals surface area (Å²) in [4.78, 5) is 17.8. The zero-order chi connectivity index (χ0) is 21.2. The van der Waals surface area contributed by atoms with E-state index in [2.05, 4.69) is 26.1 Å². The molecule has 0 amide bonds. The summed E-state index contributed by atoms with van der Waals surface area (Å²) in [5.41, 5.74) is 1.36. The van der Waals surface area contributed by atoms with Gasteiger partial charge in [0.25, 0.3) is 5.56 Å². The summed E-state index contributed by atoms with van der Waals surface area (Å²) < 4.78 is 13.8. The van der Waals surface area contributed by atoms with Gasteiger partial charge in [-0.15, -0.1) is 10.2 Å². The first-order valence-corrected chi connectivity index (χ1v) is 11.2. The number of fused-ring (bicyclic) bond motifs is 1. The lowest BCUT2D eigenvalue weighted by Crippen LogP contribution is -2.23. The minimum Gasteiger partial charge on any atom is -0.467 e. The predicted molar refractivity (Wildman–Crippen MR) is 121 cm³/mol. The Kier molecular flexibility index (Phi) is 5.44. The lowest BCUT2D eigenvalue weighted by Gasteiger charge is -2.11. The quantitative estimate of drug-likeness (QED) is 0.238. The minimum atomic E-state index is -0.120. The Hall–Kier alpha value is -3.17. The van der Waals surface area contributed by atoms with Crippen molar-refractivity contribution in [2.24, 2.45) is 0 Å². The van der Waals surface area contributed by atoms with Crippen molar-refractivity contribution in [3.8, 4) is 11.5 Å². The van der Waals surface area contributed by atoms with E-state index in [0.29, 0.717) is 45.9 Å². The normalized spacial score (nSPS) is 11.3. The Balaban J connectivity index is 1.44. The van der Waals surface area contributed by atoms with Gasteiger partial charge < -0.3 is 8.83 Å². The first kappa shape index (κ1) is 19.8. The third-order valence-corrected chi connectivity index (χ3v) is 6.09. The molecule has 2 aromatic carbocycles. The highest BCUT2D eigenvalue weighted by Crippen LogP contribution is 2.25. The summed E-state index contributed by atoms with van der Waals surface area (Å²) >= 11 is 4.78. The van der Waals surface area contributed by atoms with Crippen molar-refractivity contribution in [3.05, 3.63) is 93.4 Å². The number of thioether (sulfide) groups is 1. The van der Waals surface area contributed by atoms with E-state index in [4.69, 9.17) is 13.8 Å². The smallest absolute Gasteiger partial charge is 0.262 e. The zero-order valence-electron chi connectivity index (χ0n) is 16.1. The van der Waals surface area contributed by atoms with E-state index in [1.54, 1.807) is 23.0 Å². The standard InChI is InChI=1S/C22H15BrN4O3S/c23-15-9-7-14(8-10-15)20-26-25-19(30-20)13-31-22-24-18-6-2-1-5-17(18)21(28)27(22)12-16-4-3-11-29-16/h1-11H,12-13H2. The molecule has 0 fully saturated rings. The first-order chi connectivity index (χ1) is 15.2. The molecule has 0 radical (unpaired) electrons. The van der Waals surface area contributed by atoms with E-state index < -0.39 is 0 Å². The van der Waals surface area contributed by atoms with Crippen LogP contribution in [0.5, 0.6) is 0 Å². The maximum atomic E-state index is 13.1. The van der Waals surface area contributed by atoms with Crippen LogP contribution in [0.2, 0.25) is 0 Å². The fraction of sp³-hybridized carbons (Fsp3) is 0.0909. The molecule has 0 aliphatic carbocycles. The summed E-state index contributed by atoms with van der Waals surface area (Å²) in [5, 5.41) is 9.39.